The minimum absolute atomic E-state index is 0.209. The lowest BCUT2D eigenvalue weighted by molar-refractivity contribution is -0.161. The van der Waals surface area contributed by atoms with Crippen LogP contribution in [0.15, 0.2) is 12.2 Å². The number of phosphoric acid groups is 1. The van der Waals surface area contributed by atoms with Crippen molar-refractivity contribution < 1.29 is 42.7 Å². The molecule has 9 nitrogen and oxygen atoms in total. The van der Waals surface area contributed by atoms with Crippen molar-refractivity contribution in [3.63, 3.8) is 0 Å². The molecule has 1 heterocycles. The third-order valence-corrected chi connectivity index (χ3v) is 9.37. The van der Waals surface area contributed by atoms with Crippen LogP contribution in [0.2, 0.25) is 0 Å². The SMILES string of the molecule is CCCCC/C=C\CC1OC1CCCCCCCC(=O)OC[C@H](COP(=O)(O)O)OC(=O)CCCCCCCCCCCCCC(C)C. The minimum atomic E-state index is -4.75. The van der Waals surface area contributed by atoms with Crippen LogP contribution in [-0.2, 0) is 32.9 Å². The predicted octanol–water partition coefficient (Wildman–Crippen LogP) is 10.3. The van der Waals surface area contributed by atoms with Crippen molar-refractivity contribution in [1.82, 2.24) is 0 Å². The van der Waals surface area contributed by atoms with Gasteiger partial charge < -0.3 is 24.0 Å². The molecule has 1 fully saturated rings. The molecule has 0 spiro atoms. The van der Waals surface area contributed by atoms with E-state index in [1.54, 1.807) is 0 Å². The van der Waals surface area contributed by atoms with E-state index in [1.165, 1.54) is 70.6 Å². The summed E-state index contributed by atoms with van der Waals surface area (Å²) in [6.45, 7) is 5.95. The van der Waals surface area contributed by atoms with Crippen LogP contribution in [0.25, 0.3) is 0 Å². The molecule has 3 atom stereocenters. The van der Waals surface area contributed by atoms with E-state index in [4.69, 9.17) is 24.0 Å². The van der Waals surface area contributed by atoms with Gasteiger partial charge in [0.2, 0.25) is 0 Å². The number of rotatable bonds is 34. The molecule has 0 saturated carbocycles. The topological polar surface area (TPSA) is 132 Å². The van der Waals surface area contributed by atoms with E-state index < -0.39 is 32.5 Å². The molecule has 2 N–H and O–H groups in total. The smallest absolute Gasteiger partial charge is 0.462 e. The molecule has 0 aromatic heterocycles. The number of carbonyl (C=O) groups excluding carboxylic acids is 2. The van der Waals surface area contributed by atoms with Crippen molar-refractivity contribution in [2.24, 2.45) is 5.92 Å². The molecular formula is C38H71O9P. The van der Waals surface area contributed by atoms with Crippen LogP contribution < -0.4 is 0 Å². The van der Waals surface area contributed by atoms with E-state index in [-0.39, 0.29) is 19.4 Å². The number of hydrogen-bond acceptors (Lipinski definition) is 7. The van der Waals surface area contributed by atoms with E-state index in [1.807, 2.05) is 0 Å². The van der Waals surface area contributed by atoms with Gasteiger partial charge in [0.05, 0.1) is 18.8 Å². The number of allylic oxidation sites excluding steroid dienone is 1. The minimum Gasteiger partial charge on any atom is -0.462 e. The van der Waals surface area contributed by atoms with Crippen LogP contribution in [0.4, 0.5) is 0 Å². The van der Waals surface area contributed by atoms with Gasteiger partial charge in [0, 0.05) is 12.8 Å². The Hall–Kier alpha value is -1.25. The van der Waals surface area contributed by atoms with Crippen LogP contribution >= 0.6 is 7.82 Å². The van der Waals surface area contributed by atoms with Gasteiger partial charge in [0.25, 0.3) is 0 Å². The molecule has 1 saturated heterocycles. The largest absolute Gasteiger partial charge is 0.469 e. The Morgan fingerprint density at radius 2 is 1.27 bits per heavy atom. The Labute approximate surface area is 292 Å². The van der Waals surface area contributed by atoms with Gasteiger partial charge in [-0.3, -0.25) is 14.1 Å². The van der Waals surface area contributed by atoms with E-state index in [2.05, 4.69) is 37.4 Å². The molecule has 0 aromatic carbocycles. The van der Waals surface area contributed by atoms with Gasteiger partial charge in [-0.15, -0.1) is 0 Å². The van der Waals surface area contributed by atoms with Gasteiger partial charge in [-0.2, -0.15) is 0 Å². The fourth-order valence-electron chi connectivity index (χ4n) is 5.86. The molecule has 1 aliphatic heterocycles. The highest BCUT2D eigenvalue weighted by Gasteiger charge is 2.36. The van der Waals surface area contributed by atoms with Crippen LogP contribution in [0.5, 0.6) is 0 Å². The zero-order valence-corrected chi connectivity index (χ0v) is 31.6. The van der Waals surface area contributed by atoms with E-state index in [0.717, 1.165) is 70.1 Å². The summed E-state index contributed by atoms with van der Waals surface area (Å²) in [6.07, 6.45) is 31.0. The molecule has 0 bridgehead atoms. The third-order valence-electron chi connectivity index (χ3n) is 8.89. The average molecular weight is 703 g/mol. The normalized spacial score (nSPS) is 16.9. The van der Waals surface area contributed by atoms with Gasteiger partial charge in [-0.05, 0) is 44.4 Å². The zero-order valence-electron chi connectivity index (χ0n) is 30.8. The van der Waals surface area contributed by atoms with Gasteiger partial charge in [0.15, 0.2) is 6.10 Å². The molecule has 1 rings (SSSR count). The molecule has 282 valence electrons. The number of esters is 2. The number of ether oxygens (including phenoxy) is 3. The number of carbonyl (C=O) groups is 2. The van der Waals surface area contributed by atoms with E-state index in [9.17, 15) is 14.2 Å². The van der Waals surface area contributed by atoms with Crippen molar-refractivity contribution >= 4 is 19.8 Å². The molecule has 0 aliphatic carbocycles. The molecule has 48 heavy (non-hydrogen) atoms. The second kappa shape index (κ2) is 29.5. The monoisotopic (exact) mass is 702 g/mol. The first kappa shape index (κ1) is 44.8. The summed E-state index contributed by atoms with van der Waals surface area (Å²) in [4.78, 5) is 42.8. The van der Waals surface area contributed by atoms with Crippen LogP contribution in [-0.4, -0.2) is 53.3 Å². The average Bonchev–Trinajstić information content (AvgIpc) is 3.79. The fourth-order valence-corrected chi connectivity index (χ4v) is 6.22. The first-order valence-electron chi connectivity index (χ1n) is 19.5. The summed E-state index contributed by atoms with van der Waals surface area (Å²) >= 11 is 0. The maximum atomic E-state index is 12.4. The molecule has 0 aromatic rings. The van der Waals surface area contributed by atoms with Crippen LogP contribution in [0, 0.1) is 5.92 Å². The van der Waals surface area contributed by atoms with Gasteiger partial charge in [-0.1, -0.05) is 142 Å². The second-order valence-electron chi connectivity index (χ2n) is 14.1. The standard InChI is InChI=1S/C38H71O9P/c1-4-5-6-7-17-22-27-35-36(47-35)28-23-18-15-20-24-29-37(39)44-31-34(32-45-48(41,42)43)46-38(40)30-25-19-14-12-10-8-9-11-13-16-21-26-33(2)3/h17,22,33-36H,4-16,18-21,23-32H2,1-3H3,(H2,41,42,43)/b22-17-/t34-,35?,36?/m1/s1. The first-order chi connectivity index (χ1) is 23.1. The van der Waals surface area contributed by atoms with Crippen LogP contribution in [0.1, 0.15) is 181 Å². The van der Waals surface area contributed by atoms with Crippen molar-refractivity contribution in [3.8, 4) is 0 Å². The highest BCUT2D eigenvalue weighted by atomic mass is 31.2. The van der Waals surface area contributed by atoms with Gasteiger partial charge in [0.1, 0.15) is 6.61 Å². The molecule has 1 aliphatic rings. The van der Waals surface area contributed by atoms with E-state index in [0.29, 0.717) is 25.0 Å². The molecule has 2 unspecified atom stereocenters. The van der Waals surface area contributed by atoms with Crippen molar-refractivity contribution in [1.29, 1.82) is 0 Å². The first-order valence-corrected chi connectivity index (χ1v) is 21.0. The third kappa shape index (κ3) is 29.6. The predicted molar refractivity (Wildman–Crippen MR) is 193 cm³/mol. The summed E-state index contributed by atoms with van der Waals surface area (Å²) < 4.78 is 32.1. The van der Waals surface area contributed by atoms with Crippen molar-refractivity contribution in [2.75, 3.05) is 13.2 Å². The van der Waals surface area contributed by atoms with Gasteiger partial charge >= 0.3 is 19.8 Å². The number of epoxide rings is 1. The van der Waals surface area contributed by atoms with Crippen LogP contribution in [0.3, 0.4) is 0 Å². The Morgan fingerprint density at radius 1 is 0.708 bits per heavy atom. The molecule has 0 amide bonds. The molecule has 0 radical (unpaired) electrons. The Balaban J connectivity index is 2.08. The second-order valence-corrected chi connectivity index (χ2v) is 15.4. The Kier molecular flexibility index (Phi) is 27.5. The summed E-state index contributed by atoms with van der Waals surface area (Å²) in [5.74, 6) is -0.0975. The fraction of sp³-hybridized carbons (Fsp3) is 0.895. The number of phosphoric ester groups is 1. The maximum Gasteiger partial charge on any atom is 0.469 e. The van der Waals surface area contributed by atoms with Crippen molar-refractivity contribution in [2.45, 2.75) is 200 Å². The number of hydrogen-bond donors (Lipinski definition) is 2. The van der Waals surface area contributed by atoms with Crippen molar-refractivity contribution in [3.05, 3.63) is 12.2 Å². The zero-order chi connectivity index (χ0) is 35.3. The quantitative estimate of drug-likeness (QED) is 0.0221. The lowest BCUT2D eigenvalue weighted by Gasteiger charge is -2.18. The summed E-state index contributed by atoms with van der Waals surface area (Å²) in [6, 6.07) is 0. The summed E-state index contributed by atoms with van der Waals surface area (Å²) in [5.41, 5.74) is 0. The molecule has 10 heteroatoms. The lowest BCUT2D eigenvalue weighted by Crippen LogP contribution is -2.29. The van der Waals surface area contributed by atoms with E-state index >= 15 is 0 Å². The maximum absolute atomic E-state index is 12.4. The summed E-state index contributed by atoms with van der Waals surface area (Å²) in [5, 5.41) is 0. The summed E-state index contributed by atoms with van der Waals surface area (Å²) in [7, 11) is -4.75. The molecular weight excluding hydrogens is 631 g/mol. The highest BCUT2D eigenvalue weighted by Crippen LogP contribution is 2.36. The Bertz CT molecular complexity index is 872. The highest BCUT2D eigenvalue weighted by molar-refractivity contribution is 7.46. The number of unbranched alkanes of at least 4 members (excludes halogenated alkanes) is 17. The lowest BCUT2D eigenvalue weighted by atomic mass is 10.0. The Morgan fingerprint density at radius 3 is 1.85 bits per heavy atom. The van der Waals surface area contributed by atoms with Gasteiger partial charge in [-0.25, -0.2) is 4.57 Å².